The lowest BCUT2D eigenvalue weighted by Gasteiger charge is -2.08. The standard InChI is InChI=1S/C17H18ClF2N3O.HI/c1-24-16-5-4-14(10-15(16)18)23-17(21)22-6-2-3-11-7-12(19)9-13(20)8-11;/h4-5,7-10H,2-3,6H2,1H3,(H3,21,22,23);1H. The number of guanidine groups is 1. The van der Waals surface area contributed by atoms with Crippen LogP contribution in [0.2, 0.25) is 5.02 Å². The molecule has 0 fully saturated rings. The number of nitrogens with two attached hydrogens (primary N) is 1. The van der Waals surface area contributed by atoms with Gasteiger partial charge in [0.25, 0.3) is 0 Å². The van der Waals surface area contributed by atoms with Crippen LogP contribution in [0.25, 0.3) is 0 Å². The van der Waals surface area contributed by atoms with Crippen LogP contribution in [0.4, 0.5) is 14.5 Å². The van der Waals surface area contributed by atoms with E-state index in [2.05, 4.69) is 10.3 Å². The Morgan fingerprint density at radius 3 is 2.48 bits per heavy atom. The highest BCUT2D eigenvalue weighted by Crippen LogP contribution is 2.27. The van der Waals surface area contributed by atoms with Crippen LogP contribution >= 0.6 is 35.6 Å². The van der Waals surface area contributed by atoms with Crippen molar-refractivity contribution in [3.63, 3.8) is 0 Å². The van der Waals surface area contributed by atoms with Crippen molar-refractivity contribution in [1.29, 1.82) is 0 Å². The van der Waals surface area contributed by atoms with Gasteiger partial charge in [0.1, 0.15) is 17.4 Å². The number of rotatable bonds is 6. The Kier molecular flexibility index (Phi) is 8.91. The van der Waals surface area contributed by atoms with Gasteiger partial charge in [-0.05, 0) is 48.7 Å². The fourth-order valence-electron chi connectivity index (χ4n) is 2.17. The Morgan fingerprint density at radius 1 is 1.20 bits per heavy atom. The van der Waals surface area contributed by atoms with Crippen molar-refractivity contribution in [2.24, 2.45) is 10.7 Å². The molecule has 25 heavy (non-hydrogen) atoms. The lowest BCUT2D eigenvalue weighted by atomic mass is 10.1. The number of methoxy groups -OCH3 is 1. The second-order valence-corrected chi connectivity index (χ2v) is 5.53. The van der Waals surface area contributed by atoms with Gasteiger partial charge in [0.15, 0.2) is 5.96 Å². The van der Waals surface area contributed by atoms with E-state index >= 15 is 0 Å². The van der Waals surface area contributed by atoms with E-state index in [-0.39, 0.29) is 29.9 Å². The molecular formula is C17H19ClF2IN3O. The summed E-state index contributed by atoms with van der Waals surface area (Å²) < 4.78 is 31.2. The molecule has 0 saturated heterocycles. The number of aryl methyl sites for hydroxylation is 1. The number of hydrogen-bond donors (Lipinski definition) is 2. The van der Waals surface area contributed by atoms with E-state index < -0.39 is 11.6 Å². The second-order valence-electron chi connectivity index (χ2n) is 5.12. The average molecular weight is 482 g/mol. The molecule has 0 aliphatic rings. The smallest absolute Gasteiger partial charge is 0.193 e. The highest BCUT2D eigenvalue weighted by Gasteiger charge is 2.03. The van der Waals surface area contributed by atoms with E-state index in [4.69, 9.17) is 22.1 Å². The first-order valence-electron chi connectivity index (χ1n) is 7.33. The molecule has 0 aliphatic heterocycles. The zero-order valence-electron chi connectivity index (χ0n) is 13.6. The van der Waals surface area contributed by atoms with Crippen LogP contribution in [-0.2, 0) is 6.42 Å². The third-order valence-corrected chi connectivity index (χ3v) is 3.55. The van der Waals surface area contributed by atoms with Crippen LogP contribution in [-0.4, -0.2) is 19.6 Å². The van der Waals surface area contributed by atoms with E-state index in [9.17, 15) is 8.78 Å². The minimum Gasteiger partial charge on any atom is -0.495 e. The highest BCUT2D eigenvalue weighted by atomic mass is 127. The third kappa shape index (κ3) is 7.03. The molecule has 0 aliphatic carbocycles. The number of aliphatic imine (C=N–C) groups is 1. The zero-order valence-corrected chi connectivity index (χ0v) is 16.6. The van der Waals surface area contributed by atoms with E-state index in [0.717, 1.165) is 6.07 Å². The van der Waals surface area contributed by atoms with Gasteiger partial charge < -0.3 is 15.8 Å². The maximum atomic E-state index is 13.1. The van der Waals surface area contributed by atoms with Gasteiger partial charge in [-0.15, -0.1) is 24.0 Å². The number of ether oxygens (including phenoxy) is 1. The highest BCUT2D eigenvalue weighted by molar-refractivity contribution is 14.0. The van der Waals surface area contributed by atoms with Crippen LogP contribution in [0.1, 0.15) is 12.0 Å². The van der Waals surface area contributed by atoms with Gasteiger partial charge >= 0.3 is 0 Å². The SMILES string of the molecule is COc1ccc(NC(N)=NCCCc2cc(F)cc(F)c2)cc1Cl.I. The van der Waals surface area contributed by atoms with Crippen molar-refractivity contribution in [3.8, 4) is 5.75 Å². The summed E-state index contributed by atoms with van der Waals surface area (Å²) in [6, 6.07) is 8.64. The molecular weight excluding hydrogens is 463 g/mol. The number of benzene rings is 2. The predicted octanol–water partition coefficient (Wildman–Crippen LogP) is 4.60. The van der Waals surface area contributed by atoms with Gasteiger partial charge in [0, 0.05) is 18.3 Å². The van der Waals surface area contributed by atoms with Gasteiger partial charge in [-0.1, -0.05) is 11.6 Å². The Morgan fingerprint density at radius 2 is 1.88 bits per heavy atom. The topological polar surface area (TPSA) is 59.6 Å². The first-order chi connectivity index (χ1) is 11.5. The van der Waals surface area contributed by atoms with E-state index in [1.165, 1.54) is 19.2 Å². The number of anilines is 1. The van der Waals surface area contributed by atoms with Gasteiger partial charge in [-0.2, -0.15) is 0 Å². The molecule has 136 valence electrons. The fraction of sp³-hybridized carbons (Fsp3) is 0.235. The predicted molar refractivity (Wildman–Crippen MR) is 108 cm³/mol. The summed E-state index contributed by atoms with van der Waals surface area (Å²) in [5.41, 5.74) is 7.08. The summed E-state index contributed by atoms with van der Waals surface area (Å²) in [4.78, 5) is 4.17. The van der Waals surface area contributed by atoms with Crippen molar-refractivity contribution in [2.45, 2.75) is 12.8 Å². The van der Waals surface area contributed by atoms with Gasteiger partial charge in [0.05, 0.1) is 12.1 Å². The lowest BCUT2D eigenvalue weighted by molar-refractivity contribution is 0.415. The molecule has 0 amide bonds. The number of halogens is 4. The number of hydrogen-bond acceptors (Lipinski definition) is 2. The number of nitrogens with one attached hydrogen (secondary N) is 1. The largest absolute Gasteiger partial charge is 0.495 e. The first kappa shape index (κ1) is 21.4. The summed E-state index contributed by atoms with van der Waals surface area (Å²) in [6.07, 6.45) is 1.13. The normalized spacial score (nSPS) is 11.0. The van der Waals surface area contributed by atoms with Crippen LogP contribution in [0.5, 0.6) is 5.75 Å². The summed E-state index contributed by atoms with van der Waals surface area (Å²) >= 11 is 6.03. The maximum absolute atomic E-state index is 13.1. The number of nitrogens with zero attached hydrogens (tertiary/aromatic N) is 1. The van der Waals surface area contributed by atoms with Crippen molar-refractivity contribution < 1.29 is 13.5 Å². The molecule has 0 unspecified atom stereocenters. The molecule has 2 rings (SSSR count). The monoisotopic (exact) mass is 481 g/mol. The molecule has 0 saturated carbocycles. The second kappa shape index (κ2) is 10.4. The van der Waals surface area contributed by atoms with E-state index in [1.54, 1.807) is 18.2 Å². The summed E-state index contributed by atoms with van der Waals surface area (Å²) in [5, 5.41) is 3.38. The van der Waals surface area contributed by atoms with Crippen molar-refractivity contribution in [3.05, 3.63) is 58.6 Å². The van der Waals surface area contributed by atoms with Gasteiger partial charge in [-0.3, -0.25) is 4.99 Å². The summed E-state index contributed by atoms with van der Waals surface area (Å²) in [7, 11) is 1.54. The molecule has 2 aromatic carbocycles. The maximum Gasteiger partial charge on any atom is 0.193 e. The molecule has 0 bridgehead atoms. The van der Waals surface area contributed by atoms with Crippen LogP contribution in [0, 0.1) is 11.6 Å². The molecule has 4 nitrogen and oxygen atoms in total. The average Bonchev–Trinajstić information content (AvgIpc) is 2.51. The van der Waals surface area contributed by atoms with Gasteiger partial charge in [-0.25, -0.2) is 8.78 Å². The Balaban J connectivity index is 0.00000312. The molecule has 8 heteroatoms. The molecule has 0 atom stereocenters. The molecule has 0 heterocycles. The first-order valence-corrected chi connectivity index (χ1v) is 7.71. The zero-order chi connectivity index (χ0) is 17.5. The minimum atomic E-state index is -0.578. The Bertz CT molecular complexity index is 724. The Hall–Kier alpha value is -1.61. The molecule has 0 spiro atoms. The molecule has 3 N–H and O–H groups in total. The van der Waals surface area contributed by atoms with Crippen molar-refractivity contribution in [2.75, 3.05) is 19.0 Å². The summed E-state index contributed by atoms with van der Waals surface area (Å²) in [6.45, 7) is 0.431. The van der Waals surface area contributed by atoms with Crippen molar-refractivity contribution in [1.82, 2.24) is 0 Å². The van der Waals surface area contributed by atoms with E-state index in [0.29, 0.717) is 41.4 Å². The van der Waals surface area contributed by atoms with Crippen LogP contribution in [0.3, 0.4) is 0 Å². The van der Waals surface area contributed by atoms with Gasteiger partial charge in [0.2, 0.25) is 0 Å². The third-order valence-electron chi connectivity index (χ3n) is 3.25. The minimum absolute atomic E-state index is 0. The van der Waals surface area contributed by atoms with Crippen LogP contribution in [0.15, 0.2) is 41.4 Å². The quantitative estimate of drug-likeness (QED) is 0.274. The van der Waals surface area contributed by atoms with Crippen LogP contribution < -0.4 is 15.8 Å². The molecule has 0 aromatic heterocycles. The lowest BCUT2D eigenvalue weighted by Crippen LogP contribution is -2.22. The fourth-order valence-corrected chi connectivity index (χ4v) is 2.43. The van der Waals surface area contributed by atoms with Crippen molar-refractivity contribution >= 4 is 47.2 Å². The Labute approximate surface area is 167 Å². The molecule has 2 aromatic rings. The molecule has 0 radical (unpaired) electrons. The summed E-state index contributed by atoms with van der Waals surface area (Å²) in [5.74, 6) is -0.348. The van der Waals surface area contributed by atoms with E-state index in [1.807, 2.05) is 0 Å².